The first-order chi connectivity index (χ1) is 23.1. The van der Waals surface area contributed by atoms with Gasteiger partial charge in [-0.2, -0.15) is 5.26 Å². The molecule has 3 aromatic carbocycles. The highest BCUT2D eigenvalue weighted by molar-refractivity contribution is 7.93. The maximum Gasteiger partial charge on any atom is 0.336 e. The van der Waals surface area contributed by atoms with E-state index >= 15 is 4.79 Å². The zero-order chi connectivity index (χ0) is 34.2. The number of nitrogens with zero attached hydrogens (tertiary/aromatic N) is 5. The number of hydrogen-bond donors (Lipinski definition) is 1. The van der Waals surface area contributed by atoms with E-state index in [1.165, 1.54) is 61.8 Å². The number of likely N-dealkylation sites (N-methyl/N-ethyl adjacent to an activating group) is 1. The average Bonchev–Trinajstić information content (AvgIpc) is 3.36. The van der Waals surface area contributed by atoms with Gasteiger partial charge in [-0.15, -0.1) is 0 Å². The Morgan fingerprint density at radius 1 is 1.00 bits per heavy atom. The minimum Gasteiger partial charge on any atom is -0.497 e. The lowest BCUT2D eigenvalue weighted by Gasteiger charge is -2.36. The van der Waals surface area contributed by atoms with Gasteiger partial charge in [0.05, 0.1) is 41.5 Å². The molecule has 2 aliphatic rings. The lowest BCUT2D eigenvalue weighted by Crippen LogP contribution is -2.46. The lowest BCUT2D eigenvalue weighted by atomic mass is 9.68. The number of anilines is 2. The van der Waals surface area contributed by atoms with Crippen molar-refractivity contribution >= 4 is 33.3 Å². The smallest absolute Gasteiger partial charge is 0.336 e. The van der Waals surface area contributed by atoms with E-state index in [1.54, 1.807) is 31.2 Å². The van der Waals surface area contributed by atoms with Crippen LogP contribution in [0.2, 0.25) is 0 Å². The van der Waals surface area contributed by atoms with E-state index < -0.39 is 27.3 Å². The van der Waals surface area contributed by atoms with Crippen LogP contribution in [0.15, 0.2) is 83.9 Å². The number of carboxylic acids is 1. The Morgan fingerprint density at radius 2 is 1.73 bits per heavy atom. The number of hydrogen-bond acceptors (Lipinski definition) is 10. The number of carbonyl (C=O) groups is 2. The van der Waals surface area contributed by atoms with E-state index in [2.05, 4.69) is 20.9 Å². The first-order valence-corrected chi connectivity index (χ1v) is 16.7. The van der Waals surface area contributed by atoms with Crippen molar-refractivity contribution in [2.45, 2.75) is 17.2 Å². The molecule has 0 aliphatic carbocycles. The third-order valence-corrected chi connectivity index (χ3v) is 10.5. The predicted octanol–water partition coefficient (Wildman–Crippen LogP) is 3.88. The van der Waals surface area contributed by atoms with E-state index in [4.69, 9.17) is 9.47 Å². The van der Waals surface area contributed by atoms with Crippen LogP contribution in [0, 0.1) is 11.3 Å². The first-order valence-electron chi connectivity index (χ1n) is 15.3. The molecule has 1 unspecified atom stereocenters. The highest BCUT2D eigenvalue weighted by atomic mass is 32.2. The summed E-state index contributed by atoms with van der Waals surface area (Å²) in [6.07, 6.45) is 1.47. The molecule has 13 heteroatoms. The molecule has 3 heterocycles. The van der Waals surface area contributed by atoms with Crippen molar-refractivity contribution in [2.24, 2.45) is 0 Å². The van der Waals surface area contributed by atoms with Gasteiger partial charge in [0, 0.05) is 49.2 Å². The number of aromatic carboxylic acids is 1. The molecule has 246 valence electrons. The van der Waals surface area contributed by atoms with Gasteiger partial charge >= 0.3 is 5.97 Å². The number of rotatable bonds is 9. The van der Waals surface area contributed by atoms with Crippen LogP contribution in [-0.4, -0.2) is 82.2 Å². The maximum absolute atomic E-state index is 15.4. The molecule has 1 amide bonds. The van der Waals surface area contributed by atoms with E-state index in [0.717, 1.165) is 13.1 Å². The van der Waals surface area contributed by atoms with E-state index in [9.17, 15) is 23.6 Å². The fraction of sp³-hybridized carbons (Fsp3) is 0.257. The summed E-state index contributed by atoms with van der Waals surface area (Å²) in [4.78, 5) is 36.9. The number of benzene rings is 3. The molecule has 4 aromatic rings. The van der Waals surface area contributed by atoms with Gasteiger partial charge in [-0.25, -0.2) is 22.5 Å². The van der Waals surface area contributed by atoms with Gasteiger partial charge in [0.25, 0.3) is 15.9 Å². The van der Waals surface area contributed by atoms with Crippen molar-refractivity contribution in [3.05, 3.63) is 107 Å². The highest BCUT2D eigenvalue weighted by Gasteiger charge is 2.59. The topological polar surface area (TPSA) is 153 Å². The molecule has 0 saturated carbocycles. The molecule has 1 saturated heterocycles. The Labute approximate surface area is 278 Å². The first kappa shape index (κ1) is 32.5. The summed E-state index contributed by atoms with van der Waals surface area (Å²) >= 11 is 0. The van der Waals surface area contributed by atoms with Crippen LogP contribution < -0.4 is 18.7 Å². The number of pyridine rings is 1. The predicted molar refractivity (Wildman–Crippen MR) is 177 cm³/mol. The highest BCUT2D eigenvalue weighted by Crippen LogP contribution is 2.55. The van der Waals surface area contributed by atoms with Crippen molar-refractivity contribution in [3.63, 3.8) is 0 Å². The fourth-order valence-electron chi connectivity index (χ4n) is 6.44. The van der Waals surface area contributed by atoms with Gasteiger partial charge in [-0.05, 0) is 86.3 Å². The second-order valence-electron chi connectivity index (χ2n) is 11.5. The molecule has 1 N–H and O–H groups in total. The monoisotopic (exact) mass is 667 g/mol. The molecule has 48 heavy (non-hydrogen) atoms. The van der Waals surface area contributed by atoms with Crippen molar-refractivity contribution in [3.8, 4) is 17.7 Å². The van der Waals surface area contributed by atoms with Crippen LogP contribution in [0.5, 0.6) is 11.6 Å². The molecule has 1 fully saturated rings. The third kappa shape index (κ3) is 5.19. The average molecular weight is 668 g/mol. The Bertz CT molecular complexity index is 2050. The minimum atomic E-state index is -4.61. The molecular formula is C35H33N5O7S. The Hall–Kier alpha value is -5.45. The normalized spacial score (nSPS) is 17.9. The number of carbonyl (C=O) groups excluding carboxylic acids is 1. The van der Waals surface area contributed by atoms with Crippen molar-refractivity contribution < 1.29 is 32.6 Å². The number of sulfonamides is 1. The van der Waals surface area contributed by atoms with Crippen LogP contribution >= 0.6 is 0 Å². The molecule has 0 spiro atoms. The molecule has 2 aliphatic heterocycles. The van der Waals surface area contributed by atoms with Crippen LogP contribution in [-0.2, 0) is 20.2 Å². The summed E-state index contributed by atoms with van der Waals surface area (Å²) in [5.74, 6) is -1.85. The fourth-order valence-corrected chi connectivity index (χ4v) is 7.90. The van der Waals surface area contributed by atoms with Gasteiger partial charge in [0.15, 0.2) is 0 Å². The van der Waals surface area contributed by atoms with E-state index in [-0.39, 0.29) is 50.9 Å². The number of amides is 1. The molecule has 1 atom stereocenters. The van der Waals surface area contributed by atoms with Crippen molar-refractivity contribution in [2.75, 3.05) is 56.1 Å². The van der Waals surface area contributed by atoms with Crippen molar-refractivity contribution in [1.82, 2.24) is 9.88 Å². The number of piperazine rings is 1. The lowest BCUT2D eigenvalue weighted by molar-refractivity contribution is -0.119. The van der Waals surface area contributed by atoms with Gasteiger partial charge in [-0.1, -0.05) is 6.07 Å². The summed E-state index contributed by atoms with van der Waals surface area (Å²) in [7, 11) is -1.14. The molecule has 0 bridgehead atoms. The van der Waals surface area contributed by atoms with Crippen molar-refractivity contribution in [1.29, 1.82) is 5.26 Å². The minimum absolute atomic E-state index is 0.0201. The Morgan fingerprint density at radius 3 is 2.38 bits per heavy atom. The van der Waals surface area contributed by atoms with Crippen LogP contribution in [0.25, 0.3) is 0 Å². The zero-order valence-electron chi connectivity index (χ0n) is 26.6. The van der Waals surface area contributed by atoms with Gasteiger partial charge < -0.3 is 24.4 Å². The number of fused-ring (bicyclic) bond motifs is 1. The van der Waals surface area contributed by atoms with Gasteiger partial charge in [0.1, 0.15) is 11.2 Å². The third-order valence-electron chi connectivity index (χ3n) is 8.81. The molecular weight excluding hydrogens is 634 g/mol. The van der Waals surface area contributed by atoms with Gasteiger partial charge in [-0.3, -0.25) is 4.79 Å². The number of ether oxygens (including phenoxy) is 2. The second kappa shape index (κ2) is 12.6. The van der Waals surface area contributed by atoms with Gasteiger partial charge in [0.2, 0.25) is 5.88 Å². The Kier molecular flexibility index (Phi) is 8.55. The second-order valence-corrected chi connectivity index (χ2v) is 13.2. The Balaban J connectivity index is 1.72. The summed E-state index contributed by atoms with van der Waals surface area (Å²) in [5, 5.41) is 20.6. The number of carboxylic acid groups (broad SMARTS) is 1. The molecule has 6 rings (SSSR count). The van der Waals surface area contributed by atoms with E-state index in [0.29, 0.717) is 28.8 Å². The summed E-state index contributed by atoms with van der Waals surface area (Å²) < 4.78 is 40.9. The largest absolute Gasteiger partial charge is 0.497 e. The molecule has 1 aromatic heterocycles. The number of aromatic nitrogens is 1. The standard InChI is InChI=1S/C35H33N5O7S/c1-4-47-32-28(6-5-15-37-32)35(29-21-24(8-13-27(29)33(41)42)39-18-16-38(2)17-19-39)30-20-23(22-36)7-14-31(30)40(34(35)43)48(44,45)26-11-9-25(46-3)10-12-26/h5-15,20-21H,4,16-19H2,1-3H3,(H,41,42). The van der Waals surface area contributed by atoms with E-state index in [1.807, 2.05) is 7.05 Å². The van der Waals surface area contributed by atoms with Crippen LogP contribution in [0.3, 0.4) is 0 Å². The molecule has 0 radical (unpaired) electrons. The quantitative estimate of drug-likeness (QED) is 0.277. The SMILES string of the molecule is CCOc1ncccc1C1(c2cc(N3CCN(C)CC3)ccc2C(=O)O)C(=O)N(S(=O)(=O)c2ccc(OC)cc2)c2ccc(C#N)cc21. The summed E-state index contributed by atoms with van der Waals surface area (Å²) in [5.41, 5.74) is -1.29. The summed E-state index contributed by atoms with van der Waals surface area (Å²) in [6, 6.07) is 19.9. The zero-order valence-corrected chi connectivity index (χ0v) is 27.4. The van der Waals surface area contributed by atoms with Crippen LogP contribution in [0.1, 0.15) is 39.5 Å². The molecule has 12 nitrogen and oxygen atoms in total. The number of methoxy groups -OCH3 is 1. The van der Waals surface area contributed by atoms with Crippen LogP contribution in [0.4, 0.5) is 11.4 Å². The summed E-state index contributed by atoms with van der Waals surface area (Å²) in [6.45, 7) is 4.71. The maximum atomic E-state index is 15.4. The number of nitriles is 1.